The van der Waals surface area contributed by atoms with Gasteiger partial charge in [0.05, 0.1) is 11.0 Å². The summed E-state index contributed by atoms with van der Waals surface area (Å²) in [6.07, 6.45) is 1.06. The van der Waals surface area contributed by atoms with Gasteiger partial charge in [-0.25, -0.2) is 4.98 Å². The van der Waals surface area contributed by atoms with Crippen molar-refractivity contribution in [2.24, 2.45) is 11.7 Å². The van der Waals surface area contributed by atoms with Gasteiger partial charge < -0.3 is 10.3 Å². The highest BCUT2D eigenvalue weighted by atomic mass is 35.5. The summed E-state index contributed by atoms with van der Waals surface area (Å²) >= 11 is 6.05. The average Bonchev–Trinajstić information content (AvgIpc) is 2.72. The van der Waals surface area contributed by atoms with Crippen molar-refractivity contribution in [3.8, 4) is 0 Å². The number of rotatable bonds is 5. The molecule has 0 aliphatic carbocycles. The van der Waals surface area contributed by atoms with E-state index >= 15 is 0 Å². The zero-order valence-electron chi connectivity index (χ0n) is 11.9. The molecule has 1 aromatic heterocycles. The topological polar surface area (TPSA) is 43.8 Å². The minimum atomic E-state index is 0.311. The van der Waals surface area contributed by atoms with Crippen LogP contribution in [-0.4, -0.2) is 16.1 Å². The van der Waals surface area contributed by atoms with E-state index in [0.717, 1.165) is 34.8 Å². The third-order valence-corrected chi connectivity index (χ3v) is 3.70. The fraction of sp³-hybridized carbons (Fsp3) is 0.533. The molecule has 1 aromatic carbocycles. The minimum absolute atomic E-state index is 0.311. The van der Waals surface area contributed by atoms with Crippen LogP contribution in [0.15, 0.2) is 18.2 Å². The zero-order valence-corrected chi connectivity index (χ0v) is 12.6. The van der Waals surface area contributed by atoms with Crippen LogP contribution in [0.2, 0.25) is 5.02 Å². The Labute approximate surface area is 119 Å². The summed E-state index contributed by atoms with van der Waals surface area (Å²) in [5, 5.41) is 0.730. The number of nitrogens with zero attached hydrogens (tertiary/aromatic N) is 2. The number of hydrogen-bond donors (Lipinski definition) is 1. The number of halogens is 1. The van der Waals surface area contributed by atoms with E-state index in [1.165, 1.54) is 0 Å². The van der Waals surface area contributed by atoms with Crippen molar-refractivity contribution in [1.29, 1.82) is 0 Å². The zero-order chi connectivity index (χ0) is 14.0. The lowest BCUT2D eigenvalue weighted by atomic mass is 9.96. The van der Waals surface area contributed by atoms with E-state index < -0.39 is 0 Å². The Morgan fingerprint density at radius 3 is 2.68 bits per heavy atom. The maximum Gasteiger partial charge on any atom is 0.114 e. The highest BCUT2D eigenvalue weighted by molar-refractivity contribution is 6.31. The predicted molar refractivity (Wildman–Crippen MR) is 81.7 cm³/mol. The van der Waals surface area contributed by atoms with Gasteiger partial charge in [0.25, 0.3) is 0 Å². The van der Waals surface area contributed by atoms with Crippen LogP contribution in [0, 0.1) is 5.92 Å². The molecule has 19 heavy (non-hydrogen) atoms. The van der Waals surface area contributed by atoms with Crippen molar-refractivity contribution in [3.63, 3.8) is 0 Å². The number of fused-ring (bicyclic) bond motifs is 1. The quantitative estimate of drug-likeness (QED) is 0.905. The van der Waals surface area contributed by atoms with Crippen molar-refractivity contribution < 1.29 is 0 Å². The second-order valence-electron chi connectivity index (χ2n) is 5.41. The van der Waals surface area contributed by atoms with E-state index in [-0.39, 0.29) is 0 Å². The smallest absolute Gasteiger partial charge is 0.114 e. The molecule has 0 spiro atoms. The number of nitrogens with two attached hydrogens (primary N) is 1. The molecule has 2 rings (SSSR count). The molecule has 2 aromatic rings. The van der Waals surface area contributed by atoms with Gasteiger partial charge in [-0.1, -0.05) is 25.4 Å². The van der Waals surface area contributed by atoms with Gasteiger partial charge in [-0.2, -0.15) is 0 Å². The lowest BCUT2D eigenvalue weighted by molar-refractivity contribution is 0.474. The fourth-order valence-corrected chi connectivity index (χ4v) is 2.81. The first-order chi connectivity index (χ1) is 9.06. The monoisotopic (exact) mass is 279 g/mol. The van der Waals surface area contributed by atoms with Crippen LogP contribution in [0.3, 0.4) is 0 Å². The Morgan fingerprint density at radius 2 is 2.11 bits per heavy atom. The van der Waals surface area contributed by atoms with Crippen molar-refractivity contribution in [3.05, 3.63) is 29.0 Å². The van der Waals surface area contributed by atoms with E-state index in [1.54, 1.807) is 0 Å². The second kappa shape index (κ2) is 5.93. The maximum absolute atomic E-state index is 6.05. The molecule has 1 atom stereocenters. The molecule has 0 amide bonds. The van der Waals surface area contributed by atoms with Crippen molar-refractivity contribution >= 4 is 22.6 Å². The summed E-state index contributed by atoms with van der Waals surface area (Å²) < 4.78 is 2.26. The lowest BCUT2D eigenvalue weighted by Gasteiger charge is -2.18. The molecule has 0 aliphatic heterocycles. The number of hydrogen-bond acceptors (Lipinski definition) is 2. The molecular formula is C15H22ClN3. The summed E-state index contributed by atoms with van der Waals surface area (Å²) in [6.45, 7) is 8.12. The first-order valence-corrected chi connectivity index (χ1v) is 7.30. The molecular weight excluding hydrogens is 258 g/mol. The molecule has 0 saturated carbocycles. The Balaban J connectivity index is 2.52. The predicted octanol–water partition coefficient (Wildman–Crippen LogP) is 3.80. The molecule has 0 fully saturated rings. The molecule has 1 unspecified atom stereocenters. The van der Waals surface area contributed by atoms with Crippen LogP contribution in [0.25, 0.3) is 11.0 Å². The highest BCUT2D eigenvalue weighted by Gasteiger charge is 2.19. The van der Waals surface area contributed by atoms with Crippen LogP contribution in [-0.2, 0) is 6.54 Å². The van der Waals surface area contributed by atoms with Gasteiger partial charge in [0, 0.05) is 24.0 Å². The fourth-order valence-electron chi connectivity index (χ4n) is 2.64. The summed E-state index contributed by atoms with van der Waals surface area (Å²) in [6, 6.07) is 5.89. The number of aromatic nitrogens is 2. The minimum Gasteiger partial charge on any atom is -0.330 e. The van der Waals surface area contributed by atoms with E-state index in [9.17, 15) is 0 Å². The summed E-state index contributed by atoms with van der Waals surface area (Å²) in [5.74, 6) is 2.02. The molecule has 4 heteroatoms. The van der Waals surface area contributed by atoms with E-state index in [2.05, 4.69) is 25.3 Å². The Morgan fingerprint density at radius 1 is 1.37 bits per heavy atom. The highest BCUT2D eigenvalue weighted by Crippen LogP contribution is 2.27. The number of aryl methyl sites for hydroxylation is 1. The van der Waals surface area contributed by atoms with Crippen LogP contribution in [0.4, 0.5) is 0 Å². The molecule has 2 N–H and O–H groups in total. The molecule has 0 radical (unpaired) electrons. The Hall–Kier alpha value is -1.06. The molecule has 104 valence electrons. The van der Waals surface area contributed by atoms with Crippen LogP contribution in [0.5, 0.6) is 0 Å². The van der Waals surface area contributed by atoms with Gasteiger partial charge in [0.1, 0.15) is 5.82 Å². The van der Waals surface area contributed by atoms with E-state index in [4.69, 9.17) is 22.3 Å². The maximum atomic E-state index is 6.05. The Bertz CT molecular complexity index is 560. The summed E-state index contributed by atoms with van der Waals surface area (Å²) in [4.78, 5) is 4.77. The SMILES string of the molecule is CCn1c(C(CN)CC(C)C)nc2cc(Cl)ccc21. The third kappa shape index (κ3) is 2.93. The number of benzene rings is 1. The van der Waals surface area contributed by atoms with E-state index in [1.807, 2.05) is 18.2 Å². The van der Waals surface area contributed by atoms with Gasteiger partial charge in [-0.05, 0) is 37.5 Å². The van der Waals surface area contributed by atoms with Gasteiger partial charge >= 0.3 is 0 Å². The Kier molecular flexibility index (Phi) is 4.48. The summed E-state index contributed by atoms with van der Waals surface area (Å²) in [7, 11) is 0. The number of imidazole rings is 1. The van der Waals surface area contributed by atoms with Gasteiger partial charge in [-0.15, -0.1) is 0 Å². The van der Waals surface area contributed by atoms with Gasteiger partial charge in [-0.3, -0.25) is 0 Å². The largest absolute Gasteiger partial charge is 0.330 e. The van der Waals surface area contributed by atoms with E-state index in [0.29, 0.717) is 18.4 Å². The van der Waals surface area contributed by atoms with Crippen LogP contribution in [0.1, 0.15) is 38.9 Å². The molecule has 0 bridgehead atoms. The standard InChI is InChI=1S/C15H22ClN3/c1-4-19-14-6-5-12(16)8-13(14)18-15(19)11(9-17)7-10(2)3/h5-6,8,10-11H,4,7,9,17H2,1-3H3. The van der Waals surface area contributed by atoms with Crippen molar-refractivity contribution in [2.75, 3.05) is 6.54 Å². The van der Waals surface area contributed by atoms with Crippen LogP contribution >= 0.6 is 11.6 Å². The lowest BCUT2D eigenvalue weighted by Crippen LogP contribution is -2.19. The summed E-state index contributed by atoms with van der Waals surface area (Å²) in [5.41, 5.74) is 8.06. The van der Waals surface area contributed by atoms with Crippen molar-refractivity contribution in [1.82, 2.24) is 9.55 Å². The molecule has 0 saturated heterocycles. The van der Waals surface area contributed by atoms with Gasteiger partial charge in [0.15, 0.2) is 0 Å². The van der Waals surface area contributed by atoms with Crippen molar-refractivity contribution in [2.45, 2.75) is 39.7 Å². The molecule has 0 aliphatic rings. The first kappa shape index (κ1) is 14.4. The average molecular weight is 280 g/mol. The molecule has 1 heterocycles. The third-order valence-electron chi connectivity index (χ3n) is 3.46. The van der Waals surface area contributed by atoms with Crippen LogP contribution < -0.4 is 5.73 Å². The molecule has 3 nitrogen and oxygen atoms in total. The van der Waals surface area contributed by atoms with Gasteiger partial charge in [0.2, 0.25) is 0 Å². The second-order valence-corrected chi connectivity index (χ2v) is 5.85. The first-order valence-electron chi connectivity index (χ1n) is 6.92. The normalized spacial score (nSPS) is 13.4.